The molecule has 1 aliphatic rings. The minimum atomic E-state index is -0.746. The van der Waals surface area contributed by atoms with Gasteiger partial charge in [-0.3, -0.25) is 0 Å². The second kappa shape index (κ2) is 4.11. The molecule has 84 valence electrons. The lowest BCUT2D eigenvalue weighted by molar-refractivity contribution is -0.0664. The van der Waals surface area contributed by atoms with Gasteiger partial charge in [0.2, 0.25) is 0 Å². The van der Waals surface area contributed by atoms with Crippen molar-refractivity contribution in [1.82, 2.24) is 0 Å². The summed E-state index contributed by atoms with van der Waals surface area (Å²) in [5.74, 6) is -0.252. The summed E-state index contributed by atoms with van der Waals surface area (Å²) in [6.45, 7) is 0.179. The first kappa shape index (κ1) is 10.9. The first-order valence-electron chi connectivity index (χ1n) is 5.18. The van der Waals surface area contributed by atoms with E-state index >= 15 is 0 Å². The lowest BCUT2D eigenvalue weighted by Crippen LogP contribution is -2.42. The summed E-state index contributed by atoms with van der Waals surface area (Å²) in [4.78, 5) is 0. The molecule has 0 saturated heterocycles. The van der Waals surface area contributed by atoms with Gasteiger partial charge in [0.05, 0.1) is 11.2 Å². The van der Waals surface area contributed by atoms with Crippen molar-refractivity contribution in [2.75, 3.05) is 6.61 Å². The molecule has 1 fully saturated rings. The summed E-state index contributed by atoms with van der Waals surface area (Å²) in [5.41, 5.74) is -0.751. The van der Waals surface area contributed by atoms with Crippen LogP contribution in [0.15, 0.2) is 18.2 Å². The topological polar surface area (TPSA) is 53.2 Å². The maximum absolute atomic E-state index is 13.2. The number of aliphatic hydroxyl groups is 1. The highest BCUT2D eigenvalue weighted by atomic mass is 19.1. The molecule has 16 heavy (non-hydrogen) atoms. The van der Waals surface area contributed by atoms with Gasteiger partial charge >= 0.3 is 0 Å². The van der Waals surface area contributed by atoms with Gasteiger partial charge in [0.15, 0.2) is 0 Å². The summed E-state index contributed by atoms with van der Waals surface area (Å²) in [5, 5.41) is 18.3. The number of halogens is 1. The molecule has 0 atom stereocenters. The molecule has 0 unspecified atom stereocenters. The van der Waals surface area contributed by atoms with E-state index in [2.05, 4.69) is 0 Å². The Morgan fingerprint density at radius 1 is 1.50 bits per heavy atom. The van der Waals surface area contributed by atoms with E-state index in [4.69, 9.17) is 10.00 Å². The van der Waals surface area contributed by atoms with Crippen molar-refractivity contribution < 1.29 is 14.2 Å². The van der Waals surface area contributed by atoms with Crippen molar-refractivity contribution in [2.45, 2.75) is 24.9 Å². The second-order valence-electron chi connectivity index (χ2n) is 4.12. The molecule has 0 heterocycles. The smallest absolute Gasteiger partial charge is 0.144 e. The van der Waals surface area contributed by atoms with Crippen LogP contribution in [0.4, 0.5) is 4.39 Å². The summed E-state index contributed by atoms with van der Waals surface area (Å²) in [6.07, 6.45) is 2.46. The summed E-state index contributed by atoms with van der Waals surface area (Å²) in [6, 6.07) is 5.81. The van der Waals surface area contributed by atoms with Gasteiger partial charge in [0.1, 0.15) is 24.2 Å². The molecular weight excluding hydrogens is 209 g/mol. The molecule has 1 aliphatic carbocycles. The van der Waals surface area contributed by atoms with Gasteiger partial charge < -0.3 is 9.84 Å². The molecule has 0 amide bonds. The molecule has 1 saturated carbocycles. The van der Waals surface area contributed by atoms with Gasteiger partial charge in [0, 0.05) is 6.07 Å². The molecule has 1 aromatic carbocycles. The average Bonchev–Trinajstić information content (AvgIpc) is 2.24. The standard InChI is InChI=1S/C12H12FNO2/c13-11-6-10(3-2-9(11)7-14)16-8-12(15)4-1-5-12/h2-3,6,15H,1,4-5,8H2. The molecule has 0 radical (unpaired) electrons. The van der Waals surface area contributed by atoms with E-state index in [1.165, 1.54) is 18.2 Å². The molecule has 2 rings (SSSR count). The Bertz CT molecular complexity index is 435. The van der Waals surface area contributed by atoms with E-state index in [1.807, 2.05) is 0 Å². The summed E-state index contributed by atoms with van der Waals surface area (Å²) < 4.78 is 18.5. The Morgan fingerprint density at radius 2 is 2.25 bits per heavy atom. The summed E-state index contributed by atoms with van der Waals surface area (Å²) >= 11 is 0. The van der Waals surface area contributed by atoms with Crippen LogP contribution in [-0.4, -0.2) is 17.3 Å². The predicted octanol–water partition coefficient (Wildman–Crippen LogP) is 1.99. The van der Waals surface area contributed by atoms with Crippen LogP contribution in [0.3, 0.4) is 0 Å². The van der Waals surface area contributed by atoms with E-state index in [-0.39, 0.29) is 12.2 Å². The van der Waals surface area contributed by atoms with E-state index < -0.39 is 11.4 Å². The molecular formula is C12H12FNO2. The molecule has 1 aromatic rings. The number of benzene rings is 1. The van der Waals surface area contributed by atoms with Gasteiger partial charge in [-0.2, -0.15) is 5.26 Å². The van der Waals surface area contributed by atoms with Crippen LogP contribution < -0.4 is 4.74 Å². The van der Waals surface area contributed by atoms with Crippen LogP contribution in [0.2, 0.25) is 0 Å². The Hall–Kier alpha value is -1.60. The maximum atomic E-state index is 13.2. The highest BCUT2D eigenvalue weighted by molar-refractivity contribution is 5.36. The molecule has 4 heteroatoms. The number of hydrogen-bond donors (Lipinski definition) is 1. The SMILES string of the molecule is N#Cc1ccc(OCC2(O)CCC2)cc1F. The van der Waals surface area contributed by atoms with Gasteiger partial charge in [-0.15, -0.1) is 0 Å². The van der Waals surface area contributed by atoms with Crippen LogP contribution in [0, 0.1) is 17.1 Å². The van der Waals surface area contributed by atoms with Crippen molar-refractivity contribution in [3.8, 4) is 11.8 Å². The van der Waals surface area contributed by atoms with Crippen molar-refractivity contribution in [2.24, 2.45) is 0 Å². The predicted molar refractivity (Wildman–Crippen MR) is 55.4 cm³/mol. The number of hydrogen-bond acceptors (Lipinski definition) is 3. The lowest BCUT2D eigenvalue weighted by atomic mass is 9.81. The number of nitriles is 1. The molecule has 1 N–H and O–H groups in total. The number of ether oxygens (including phenoxy) is 1. The van der Waals surface area contributed by atoms with Gasteiger partial charge in [-0.25, -0.2) is 4.39 Å². The Labute approximate surface area is 93.1 Å². The summed E-state index contributed by atoms with van der Waals surface area (Å²) in [7, 11) is 0. The fourth-order valence-electron chi connectivity index (χ4n) is 1.62. The third kappa shape index (κ3) is 2.15. The van der Waals surface area contributed by atoms with Crippen LogP contribution in [0.5, 0.6) is 5.75 Å². The molecule has 0 aliphatic heterocycles. The minimum absolute atomic E-state index is 0.00490. The fourth-order valence-corrected chi connectivity index (χ4v) is 1.62. The zero-order valence-corrected chi connectivity index (χ0v) is 8.74. The zero-order chi connectivity index (χ0) is 11.6. The van der Waals surface area contributed by atoms with Gasteiger partial charge in [-0.05, 0) is 31.4 Å². The number of rotatable bonds is 3. The quantitative estimate of drug-likeness (QED) is 0.849. The monoisotopic (exact) mass is 221 g/mol. The van der Waals surface area contributed by atoms with Crippen LogP contribution >= 0.6 is 0 Å². The van der Waals surface area contributed by atoms with E-state index in [1.54, 1.807) is 6.07 Å². The molecule has 0 aromatic heterocycles. The lowest BCUT2D eigenvalue weighted by Gasteiger charge is -2.35. The number of nitrogens with zero attached hydrogens (tertiary/aromatic N) is 1. The molecule has 0 bridgehead atoms. The minimum Gasteiger partial charge on any atom is -0.490 e. The van der Waals surface area contributed by atoms with Crippen molar-refractivity contribution in [3.05, 3.63) is 29.6 Å². The first-order chi connectivity index (χ1) is 7.63. The molecule has 3 nitrogen and oxygen atoms in total. The Balaban J connectivity index is 2.00. The Morgan fingerprint density at radius 3 is 2.75 bits per heavy atom. The van der Waals surface area contributed by atoms with E-state index in [0.29, 0.717) is 5.75 Å². The third-order valence-corrected chi connectivity index (χ3v) is 2.85. The van der Waals surface area contributed by atoms with E-state index in [0.717, 1.165) is 19.3 Å². The average molecular weight is 221 g/mol. The third-order valence-electron chi connectivity index (χ3n) is 2.85. The highest BCUT2D eigenvalue weighted by Crippen LogP contribution is 2.32. The second-order valence-corrected chi connectivity index (χ2v) is 4.12. The van der Waals surface area contributed by atoms with Crippen molar-refractivity contribution in [3.63, 3.8) is 0 Å². The van der Waals surface area contributed by atoms with Crippen molar-refractivity contribution >= 4 is 0 Å². The largest absolute Gasteiger partial charge is 0.490 e. The molecule has 0 spiro atoms. The van der Waals surface area contributed by atoms with E-state index in [9.17, 15) is 9.50 Å². The fraction of sp³-hybridized carbons (Fsp3) is 0.417. The first-order valence-corrected chi connectivity index (χ1v) is 5.18. The van der Waals surface area contributed by atoms with Crippen LogP contribution in [0.25, 0.3) is 0 Å². The van der Waals surface area contributed by atoms with Crippen molar-refractivity contribution in [1.29, 1.82) is 5.26 Å². The van der Waals surface area contributed by atoms with Gasteiger partial charge in [0.25, 0.3) is 0 Å². The normalized spacial score (nSPS) is 17.3. The zero-order valence-electron chi connectivity index (χ0n) is 8.74. The maximum Gasteiger partial charge on any atom is 0.144 e. The van der Waals surface area contributed by atoms with Gasteiger partial charge in [-0.1, -0.05) is 0 Å². The Kier molecular flexibility index (Phi) is 2.80. The van der Waals surface area contributed by atoms with Crippen LogP contribution in [-0.2, 0) is 0 Å². The highest BCUT2D eigenvalue weighted by Gasteiger charge is 2.35. The van der Waals surface area contributed by atoms with Crippen LogP contribution in [0.1, 0.15) is 24.8 Å².